The highest BCUT2D eigenvalue weighted by molar-refractivity contribution is 7.89. The van der Waals surface area contributed by atoms with Crippen LogP contribution in [0.5, 0.6) is 5.75 Å². The summed E-state index contributed by atoms with van der Waals surface area (Å²) in [5.41, 5.74) is 0.554. The minimum atomic E-state index is -3.71. The lowest BCUT2D eigenvalue weighted by atomic mass is 10.1. The predicted molar refractivity (Wildman–Crippen MR) is 122 cm³/mol. The third kappa shape index (κ3) is 5.98. The lowest BCUT2D eigenvalue weighted by Gasteiger charge is -2.34. The van der Waals surface area contributed by atoms with E-state index in [1.165, 1.54) is 35.5 Å². The van der Waals surface area contributed by atoms with Crippen LogP contribution in [-0.4, -0.2) is 62.5 Å². The maximum atomic E-state index is 12.9. The number of ether oxygens (including phenoxy) is 3. The number of hydrogen-bond donors (Lipinski definition) is 0. The first-order chi connectivity index (χ1) is 15.6. The zero-order valence-electron chi connectivity index (χ0n) is 19.2. The molecule has 0 aliphatic carbocycles. The van der Waals surface area contributed by atoms with Gasteiger partial charge in [0.2, 0.25) is 15.8 Å². The Labute approximate surface area is 194 Å². The fourth-order valence-corrected chi connectivity index (χ4v) is 5.23. The second-order valence-electron chi connectivity index (χ2n) is 7.97. The number of carbonyl (C=O) groups is 2. The molecule has 0 bridgehead atoms. The van der Waals surface area contributed by atoms with Gasteiger partial charge in [-0.15, -0.1) is 0 Å². The molecule has 2 aromatic carbocycles. The Hall–Kier alpha value is -2.75. The number of esters is 1. The highest BCUT2D eigenvalue weighted by atomic mass is 32.2. The van der Waals surface area contributed by atoms with E-state index in [4.69, 9.17) is 14.2 Å². The fourth-order valence-electron chi connectivity index (χ4n) is 3.64. The molecular weight excluding hydrogens is 446 g/mol. The van der Waals surface area contributed by atoms with Gasteiger partial charge in [-0.3, -0.25) is 4.79 Å². The normalized spacial score (nSPS) is 20.1. The number of rotatable bonds is 8. The minimum absolute atomic E-state index is 0.0823. The molecule has 0 radical (unpaired) electrons. The molecule has 0 spiro atoms. The van der Waals surface area contributed by atoms with Gasteiger partial charge >= 0.3 is 5.97 Å². The third-order valence-electron chi connectivity index (χ3n) is 5.22. The van der Waals surface area contributed by atoms with Crippen molar-refractivity contribution < 1.29 is 32.2 Å². The predicted octanol–water partition coefficient (Wildman–Crippen LogP) is 3.31. The molecule has 1 aliphatic heterocycles. The summed E-state index contributed by atoms with van der Waals surface area (Å²) in [7, 11) is -3.71. The quantitative estimate of drug-likeness (QED) is 0.427. The average molecular weight is 476 g/mol. The van der Waals surface area contributed by atoms with E-state index in [1.54, 1.807) is 24.3 Å². The van der Waals surface area contributed by atoms with Gasteiger partial charge < -0.3 is 14.2 Å². The van der Waals surface area contributed by atoms with Crippen LogP contribution in [0.3, 0.4) is 0 Å². The van der Waals surface area contributed by atoms with Crippen LogP contribution >= 0.6 is 0 Å². The van der Waals surface area contributed by atoms with Crippen molar-refractivity contribution >= 4 is 21.8 Å². The van der Waals surface area contributed by atoms with Crippen LogP contribution in [0.25, 0.3) is 0 Å². The summed E-state index contributed by atoms with van der Waals surface area (Å²) in [5, 5.41) is 0. The minimum Gasteiger partial charge on any atom is -0.494 e. The highest BCUT2D eigenvalue weighted by Gasteiger charge is 2.32. The Bertz CT molecular complexity index is 1070. The number of benzene rings is 2. The number of carbonyl (C=O) groups excluding carboxylic acids is 2. The van der Waals surface area contributed by atoms with Crippen LogP contribution in [-0.2, 0) is 19.5 Å². The van der Waals surface area contributed by atoms with Gasteiger partial charge in [-0.05, 0) is 76.2 Å². The summed E-state index contributed by atoms with van der Waals surface area (Å²) in [6.07, 6.45) is -1.41. The number of sulfonamides is 1. The molecule has 2 aromatic rings. The number of Topliss-reactive ketones (excluding diaryl/α,β-unsaturated/α-hetero) is 1. The first-order valence-electron chi connectivity index (χ1n) is 10.9. The lowest BCUT2D eigenvalue weighted by molar-refractivity contribution is -0.0440. The third-order valence-corrected chi connectivity index (χ3v) is 7.06. The van der Waals surface area contributed by atoms with Crippen LogP contribution in [0.4, 0.5) is 0 Å². The number of nitrogens with zero attached hydrogens (tertiary/aromatic N) is 1. The fraction of sp³-hybridized carbons (Fsp3) is 0.417. The SMILES string of the molecule is CCOc1ccc(C(=O)[C@H](C)OC(=O)c2ccc(S(=O)(=O)N3C[C@@H](C)O[C@H](C)C3)cc2)cc1. The number of morpholine rings is 1. The van der Waals surface area contributed by atoms with E-state index in [1.807, 2.05) is 20.8 Å². The molecule has 33 heavy (non-hydrogen) atoms. The Morgan fingerprint density at radius 3 is 2.09 bits per heavy atom. The first-order valence-corrected chi connectivity index (χ1v) is 12.3. The Kier molecular flexibility index (Phi) is 7.88. The average Bonchev–Trinajstić information content (AvgIpc) is 2.78. The van der Waals surface area contributed by atoms with Gasteiger partial charge in [-0.1, -0.05) is 0 Å². The second-order valence-corrected chi connectivity index (χ2v) is 9.91. The maximum absolute atomic E-state index is 12.9. The number of hydrogen-bond acceptors (Lipinski definition) is 7. The summed E-state index contributed by atoms with van der Waals surface area (Å²) in [6, 6.07) is 12.1. The van der Waals surface area contributed by atoms with Gasteiger partial charge in [0.25, 0.3) is 0 Å². The van der Waals surface area contributed by atoms with E-state index in [0.717, 1.165) is 0 Å². The molecule has 8 nitrogen and oxygen atoms in total. The van der Waals surface area contributed by atoms with E-state index in [0.29, 0.717) is 17.9 Å². The molecule has 0 unspecified atom stereocenters. The van der Waals surface area contributed by atoms with Crippen LogP contribution < -0.4 is 4.74 Å². The number of ketones is 1. The van der Waals surface area contributed by atoms with E-state index < -0.39 is 22.1 Å². The molecular formula is C24H29NO7S. The van der Waals surface area contributed by atoms with E-state index in [2.05, 4.69) is 0 Å². The molecule has 0 saturated carbocycles. The van der Waals surface area contributed by atoms with E-state index >= 15 is 0 Å². The maximum Gasteiger partial charge on any atom is 0.338 e. The van der Waals surface area contributed by atoms with Gasteiger partial charge in [-0.25, -0.2) is 13.2 Å². The second kappa shape index (κ2) is 10.5. The molecule has 1 aliphatic rings. The van der Waals surface area contributed by atoms with Gasteiger partial charge in [-0.2, -0.15) is 4.31 Å². The molecule has 0 aromatic heterocycles. The lowest BCUT2D eigenvalue weighted by Crippen LogP contribution is -2.48. The molecule has 1 heterocycles. The summed E-state index contributed by atoms with van der Waals surface area (Å²) >= 11 is 0. The Morgan fingerprint density at radius 2 is 1.55 bits per heavy atom. The van der Waals surface area contributed by atoms with Crippen LogP contribution in [0.1, 0.15) is 48.4 Å². The van der Waals surface area contributed by atoms with E-state index in [9.17, 15) is 18.0 Å². The van der Waals surface area contributed by atoms with Crippen LogP contribution in [0, 0.1) is 0 Å². The summed E-state index contributed by atoms with van der Waals surface area (Å²) < 4.78 is 43.5. The van der Waals surface area contributed by atoms with Crippen molar-refractivity contribution in [3.8, 4) is 5.75 Å². The molecule has 1 saturated heterocycles. The van der Waals surface area contributed by atoms with Gasteiger partial charge in [0.05, 0.1) is 29.3 Å². The summed E-state index contributed by atoms with van der Waals surface area (Å²) in [4.78, 5) is 25.2. The van der Waals surface area contributed by atoms with Crippen molar-refractivity contribution in [2.75, 3.05) is 19.7 Å². The van der Waals surface area contributed by atoms with Gasteiger partial charge in [0.15, 0.2) is 6.10 Å². The Balaban J connectivity index is 1.65. The van der Waals surface area contributed by atoms with Gasteiger partial charge in [0, 0.05) is 18.7 Å². The van der Waals surface area contributed by atoms with E-state index in [-0.39, 0.29) is 41.5 Å². The molecule has 178 valence electrons. The monoisotopic (exact) mass is 475 g/mol. The molecule has 3 atom stereocenters. The molecule has 3 rings (SSSR count). The van der Waals surface area contributed by atoms with Crippen molar-refractivity contribution in [2.45, 2.75) is 50.9 Å². The smallest absolute Gasteiger partial charge is 0.338 e. The van der Waals surface area contributed by atoms with Gasteiger partial charge in [0.1, 0.15) is 5.75 Å². The summed E-state index contributed by atoms with van der Waals surface area (Å²) in [5.74, 6) is -0.407. The molecule has 9 heteroatoms. The highest BCUT2D eigenvalue weighted by Crippen LogP contribution is 2.22. The molecule has 0 amide bonds. The topological polar surface area (TPSA) is 99.2 Å². The van der Waals surface area contributed by atoms with Crippen LogP contribution in [0.2, 0.25) is 0 Å². The van der Waals surface area contributed by atoms with Crippen molar-refractivity contribution in [3.05, 3.63) is 59.7 Å². The van der Waals surface area contributed by atoms with Crippen molar-refractivity contribution in [3.63, 3.8) is 0 Å². The zero-order chi connectivity index (χ0) is 24.2. The first kappa shape index (κ1) is 24.9. The standard InChI is InChI=1S/C24H29NO7S/c1-5-30-21-10-6-19(7-11-21)23(26)18(4)32-24(27)20-8-12-22(13-9-20)33(28,29)25-14-16(2)31-17(3)15-25/h6-13,16-18H,5,14-15H2,1-4H3/t16-,17-,18+/m1/s1. The largest absolute Gasteiger partial charge is 0.494 e. The van der Waals surface area contributed by atoms with Crippen molar-refractivity contribution in [1.29, 1.82) is 0 Å². The van der Waals surface area contributed by atoms with Crippen molar-refractivity contribution in [2.24, 2.45) is 0 Å². The van der Waals surface area contributed by atoms with Crippen molar-refractivity contribution in [1.82, 2.24) is 4.31 Å². The molecule has 0 N–H and O–H groups in total. The zero-order valence-corrected chi connectivity index (χ0v) is 20.0. The molecule has 1 fully saturated rings. The summed E-state index contributed by atoms with van der Waals surface area (Å²) in [6.45, 7) is 8.07. The van der Waals surface area contributed by atoms with Crippen LogP contribution in [0.15, 0.2) is 53.4 Å². The Morgan fingerprint density at radius 1 is 1.00 bits per heavy atom.